The van der Waals surface area contributed by atoms with E-state index in [9.17, 15) is 33.9 Å². The molecule has 0 saturated heterocycles. The van der Waals surface area contributed by atoms with Crippen molar-refractivity contribution in [2.45, 2.75) is 154 Å². The molecule has 0 bridgehead atoms. The highest BCUT2D eigenvalue weighted by atomic mass is 16.5. The third-order valence-corrected chi connectivity index (χ3v) is 8.59. The van der Waals surface area contributed by atoms with Gasteiger partial charge in [-0.25, -0.2) is 4.79 Å². The van der Waals surface area contributed by atoms with E-state index in [0.717, 1.165) is 57.8 Å². The van der Waals surface area contributed by atoms with Crippen LogP contribution in [-0.2, 0) is 38.2 Å². The molecule has 0 rings (SSSR count). The molecule has 0 heterocycles. The van der Waals surface area contributed by atoms with Crippen LogP contribution in [0, 0.1) is 0 Å². The van der Waals surface area contributed by atoms with Crippen LogP contribution in [0.5, 0.6) is 0 Å². The van der Waals surface area contributed by atoms with Crippen molar-refractivity contribution in [1.82, 2.24) is 21.3 Å². The molecule has 0 fully saturated rings. The van der Waals surface area contributed by atoms with E-state index in [0.29, 0.717) is 13.0 Å². The van der Waals surface area contributed by atoms with E-state index < -0.39 is 18.0 Å². The summed E-state index contributed by atoms with van der Waals surface area (Å²) in [5.41, 5.74) is 0. The summed E-state index contributed by atoms with van der Waals surface area (Å²) in [4.78, 5) is 69.7. The number of amides is 3. The van der Waals surface area contributed by atoms with Crippen LogP contribution < -0.4 is 21.3 Å². The van der Waals surface area contributed by atoms with Gasteiger partial charge in [0, 0.05) is 32.4 Å². The van der Waals surface area contributed by atoms with Gasteiger partial charge in [-0.2, -0.15) is 0 Å². The first kappa shape index (κ1) is 47.9. The molecule has 3 amide bonds. The molecule has 296 valence electrons. The molecule has 0 aliphatic rings. The molecule has 2 atom stereocenters. The molecule has 0 aliphatic heterocycles. The predicted octanol–water partition coefficient (Wildman–Crippen LogP) is 4.28. The molecule has 0 aromatic heterocycles. The summed E-state index contributed by atoms with van der Waals surface area (Å²) in [5.74, 6) is -2.66. The summed E-state index contributed by atoms with van der Waals surface area (Å²) in [6.45, 7) is 2.91. The second kappa shape index (κ2) is 34.0. The van der Waals surface area contributed by atoms with Crippen LogP contribution in [0.25, 0.3) is 0 Å². The van der Waals surface area contributed by atoms with Crippen LogP contribution in [0.1, 0.15) is 142 Å². The van der Waals surface area contributed by atoms with E-state index in [1.54, 1.807) is 14.0 Å². The third-order valence-electron chi connectivity index (χ3n) is 8.59. The van der Waals surface area contributed by atoms with E-state index in [-0.39, 0.29) is 88.2 Å². The van der Waals surface area contributed by atoms with Crippen LogP contribution in [0.2, 0.25) is 0 Å². The summed E-state index contributed by atoms with van der Waals surface area (Å²) in [7, 11) is 1.75. The summed E-state index contributed by atoms with van der Waals surface area (Å²) in [5, 5.41) is 29.1. The number of carbonyl (C=O) groups excluding carboxylic acids is 4. The fraction of sp³-hybridized carbons (Fsp3) is 0.838. The molecule has 14 heteroatoms. The minimum atomic E-state index is -1.17. The predicted molar refractivity (Wildman–Crippen MR) is 195 cm³/mol. The zero-order chi connectivity index (χ0) is 38.0. The Morgan fingerprint density at radius 3 is 1.59 bits per heavy atom. The molecule has 0 aromatic rings. The number of likely N-dealkylation sites (N-methyl/N-ethyl adjacent to an activating group) is 1. The lowest BCUT2D eigenvalue weighted by Gasteiger charge is -2.14. The number of Topliss-reactive ketones (excluding diaryl/α,β-unsaturated/α-hetero) is 1. The first-order valence-corrected chi connectivity index (χ1v) is 19.2. The molecule has 0 unspecified atom stereocenters. The van der Waals surface area contributed by atoms with E-state index in [1.807, 2.05) is 0 Å². The Balaban J connectivity index is 3.71. The smallest absolute Gasteiger partial charge is 0.326 e. The number of carboxylic acids is 2. The average molecular weight is 729 g/mol. The summed E-state index contributed by atoms with van der Waals surface area (Å²) in [6, 6.07) is -1.27. The molecule has 51 heavy (non-hydrogen) atoms. The van der Waals surface area contributed by atoms with Crippen LogP contribution >= 0.6 is 0 Å². The van der Waals surface area contributed by atoms with Crippen molar-refractivity contribution >= 4 is 35.4 Å². The van der Waals surface area contributed by atoms with Gasteiger partial charge < -0.3 is 41.0 Å². The van der Waals surface area contributed by atoms with E-state index in [2.05, 4.69) is 21.3 Å². The highest BCUT2D eigenvalue weighted by Gasteiger charge is 2.20. The molecular formula is C37H68N4O10. The lowest BCUT2D eigenvalue weighted by Crippen LogP contribution is -2.41. The minimum absolute atomic E-state index is 0.00859. The maximum atomic E-state index is 12.3. The highest BCUT2D eigenvalue weighted by Crippen LogP contribution is 2.14. The molecule has 0 radical (unpaired) electrons. The number of hydrogen-bond acceptors (Lipinski definition) is 9. The van der Waals surface area contributed by atoms with Gasteiger partial charge in [0.15, 0.2) is 0 Å². The van der Waals surface area contributed by atoms with Gasteiger partial charge in [0.1, 0.15) is 18.4 Å². The first-order chi connectivity index (χ1) is 24.6. The van der Waals surface area contributed by atoms with Gasteiger partial charge in [-0.3, -0.25) is 24.0 Å². The standard InChI is InChI=1S/C37H68N4O10/c1-30(42)31(38-2)19-17-18-24-39-35(45)29-51-28-27-50-26-25-40-33(43)23-22-32(37(48)49)41-34(44)20-15-13-11-9-7-5-3-4-6-8-10-12-14-16-21-36(46)47/h31-32,38H,3-29H2,1-2H3,(H,39,45)(H,40,43)(H,41,44)(H,46,47)(H,48,49)/t31-,32-/m0/s1. The molecule has 6 N–H and O–H groups in total. The number of carbonyl (C=O) groups is 6. The normalized spacial score (nSPS) is 12.2. The van der Waals surface area contributed by atoms with Crippen molar-refractivity contribution < 1.29 is 48.5 Å². The van der Waals surface area contributed by atoms with Crippen LogP contribution in [-0.4, -0.2) is 104 Å². The fourth-order valence-electron chi connectivity index (χ4n) is 5.52. The number of nitrogens with one attached hydrogen (secondary N) is 4. The second-order valence-corrected chi connectivity index (χ2v) is 13.2. The van der Waals surface area contributed by atoms with E-state index in [4.69, 9.17) is 14.6 Å². The van der Waals surface area contributed by atoms with Gasteiger partial charge in [0.05, 0.1) is 25.9 Å². The van der Waals surface area contributed by atoms with Gasteiger partial charge in [0.2, 0.25) is 17.7 Å². The molecular weight excluding hydrogens is 660 g/mol. The molecule has 0 aromatic carbocycles. The number of ketones is 1. The number of aliphatic carboxylic acids is 2. The Kier molecular flexibility index (Phi) is 31.9. The monoisotopic (exact) mass is 728 g/mol. The quantitative estimate of drug-likeness (QED) is 0.0498. The molecule has 14 nitrogen and oxygen atoms in total. The highest BCUT2D eigenvalue weighted by molar-refractivity contribution is 5.84. The Labute approximate surface area is 305 Å². The third kappa shape index (κ3) is 32.5. The second-order valence-electron chi connectivity index (χ2n) is 13.2. The van der Waals surface area contributed by atoms with Gasteiger partial charge in [0.25, 0.3) is 0 Å². The largest absolute Gasteiger partial charge is 0.481 e. The Bertz CT molecular complexity index is 966. The van der Waals surface area contributed by atoms with E-state index >= 15 is 0 Å². The SMILES string of the molecule is CN[C@@H](CCCCNC(=O)COCCOCCNC(=O)CC[C@H](NC(=O)CCCCCCCCCCCCCCCCC(=O)O)C(=O)O)C(C)=O. The number of hydrogen-bond donors (Lipinski definition) is 6. The average Bonchev–Trinajstić information content (AvgIpc) is 3.08. The van der Waals surface area contributed by atoms with Crippen molar-refractivity contribution in [3.8, 4) is 0 Å². The zero-order valence-corrected chi connectivity index (χ0v) is 31.4. The fourth-order valence-corrected chi connectivity index (χ4v) is 5.52. The van der Waals surface area contributed by atoms with Crippen molar-refractivity contribution in [2.75, 3.05) is 46.6 Å². The van der Waals surface area contributed by atoms with Crippen LogP contribution in [0.3, 0.4) is 0 Å². The Hall–Kier alpha value is -3.10. The maximum absolute atomic E-state index is 12.3. The van der Waals surface area contributed by atoms with Gasteiger partial charge >= 0.3 is 11.9 Å². The van der Waals surface area contributed by atoms with Gasteiger partial charge in [-0.1, -0.05) is 77.0 Å². The molecule has 0 aliphatic carbocycles. The van der Waals surface area contributed by atoms with Crippen molar-refractivity contribution in [3.05, 3.63) is 0 Å². The number of carboxylic acid groups (broad SMARTS) is 2. The summed E-state index contributed by atoms with van der Waals surface area (Å²) < 4.78 is 10.7. The summed E-state index contributed by atoms with van der Waals surface area (Å²) >= 11 is 0. The first-order valence-electron chi connectivity index (χ1n) is 19.2. The van der Waals surface area contributed by atoms with Crippen molar-refractivity contribution in [3.63, 3.8) is 0 Å². The number of ether oxygens (including phenoxy) is 2. The van der Waals surface area contributed by atoms with E-state index in [1.165, 1.54) is 44.9 Å². The van der Waals surface area contributed by atoms with Gasteiger partial charge in [-0.15, -0.1) is 0 Å². The lowest BCUT2D eigenvalue weighted by molar-refractivity contribution is -0.142. The zero-order valence-electron chi connectivity index (χ0n) is 31.4. The lowest BCUT2D eigenvalue weighted by atomic mass is 10.0. The van der Waals surface area contributed by atoms with Gasteiger partial charge in [-0.05, 0) is 52.5 Å². The van der Waals surface area contributed by atoms with Crippen LogP contribution in [0.4, 0.5) is 0 Å². The topological polar surface area (TPSA) is 209 Å². The van der Waals surface area contributed by atoms with Crippen molar-refractivity contribution in [1.29, 1.82) is 0 Å². The Morgan fingerprint density at radius 2 is 1.06 bits per heavy atom. The number of rotatable bonds is 37. The number of unbranched alkanes of at least 4 members (excludes halogenated alkanes) is 14. The minimum Gasteiger partial charge on any atom is -0.481 e. The molecule has 0 spiro atoms. The maximum Gasteiger partial charge on any atom is 0.326 e. The Morgan fingerprint density at radius 1 is 0.529 bits per heavy atom. The summed E-state index contributed by atoms with van der Waals surface area (Å²) in [6.07, 6.45) is 18.0. The van der Waals surface area contributed by atoms with Crippen LogP contribution in [0.15, 0.2) is 0 Å². The van der Waals surface area contributed by atoms with Crippen molar-refractivity contribution in [2.24, 2.45) is 0 Å². The molecule has 0 saturated carbocycles.